The summed E-state index contributed by atoms with van der Waals surface area (Å²) in [5.74, 6) is 2.53. The molecule has 3 nitrogen and oxygen atoms in total. The monoisotopic (exact) mass is 209 g/mol. The summed E-state index contributed by atoms with van der Waals surface area (Å²) in [5.41, 5.74) is 7.17. The van der Waals surface area contributed by atoms with Gasteiger partial charge in [0.1, 0.15) is 11.6 Å². The highest BCUT2D eigenvalue weighted by Crippen LogP contribution is 2.18. The zero-order valence-corrected chi connectivity index (χ0v) is 10.4. The topological polar surface area (TPSA) is 43.8 Å². The fraction of sp³-hybridized carbons (Fsp3) is 0.750. The molecule has 1 aromatic heterocycles. The molecular weight excluding hydrogens is 186 g/mol. The normalized spacial score (nSPS) is 11.3. The van der Waals surface area contributed by atoms with Crippen molar-refractivity contribution in [2.75, 3.05) is 5.73 Å². The molecule has 0 spiro atoms. The van der Waals surface area contributed by atoms with Gasteiger partial charge in [-0.15, -0.1) is 0 Å². The van der Waals surface area contributed by atoms with Crippen LogP contribution in [0.1, 0.15) is 45.1 Å². The third kappa shape index (κ3) is 2.98. The van der Waals surface area contributed by atoms with Crippen LogP contribution in [0.3, 0.4) is 0 Å². The van der Waals surface area contributed by atoms with Gasteiger partial charge >= 0.3 is 0 Å². The van der Waals surface area contributed by atoms with E-state index in [-0.39, 0.29) is 0 Å². The second-order valence-electron chi connectivity index (χ2n) is 4.60. The Morgan fingerprint density at radius 2 is 2.07 bits per heavy atom. The van der Waals surface area contributed by atoms with Gasteiger partial charge in [0.25, 0.3) is 0 Å². The van der Waals surface area contributed by atoms with Crippen LogP contribution in [0.5, 0.6) is 0 Å². The van der Waals surface area contributed by atoms with E-state index in [1.54, 1.807) is 0 Å². The Kier molecular flexibility index (Phi) is 4.18. The van der Waals surface area contributed by atoms with E-state index in [0.717, 1.165) is 30.3 Å². The largest absolute Gasteiger partial charge is 0.384 e. The molecule has 3 heteroatoms. The first-order valence-electron chi connectivity index (χ1n) is 5.87. The predicted molar refractivity (Wildman–Crippen MR) is 64.8 cm³/mol. The van der Waals surface area contributed by atoms with E-state index in [4.69, 9.17) is 5.73 Å². The van der Waals surface area contributed by atoms with Crippen LogP contribution in [0.25, 0.3) is 0 Å². The summed E-state index contributed by atoms with van der Waals surface area (Å²) in [6, 6.07) is 0. The quantitative estimate of drug-likeness (QED) is 0.810. The zero-order valence-electron chi connectivity index (χ0n) is 10.4. The minimum Gasteiger partial charge on any atom is -0.384 e. The first-order chi connectivity index (χ1) is 7.06. The van der Waals surface area contributed by atoms with Gasteiger partial charge < -0.3 is 10.3 Å². The molecular formula is C12H23N3. The van der Waals surface area contributed by atoms with E-state index in [2.05, 4.69) is 30.3 Å². The van der Waals surface area contributed by atoms with Crippen LogP contribution in [0.4, 0.5) is 5.82 Å². The number of aryl methyl sites for hydroxylation is 2. The van der Waals surface area contributed by atoms with E-state index in [0.29, 0.717) is 5.92 Å². The maximum absolute atomic E-state index is 6.09. The van der Waals surface area contributed by atoms with Crippen molar-refractivity contribution in [2.24, 2.45) is 5.92 Å². The summed E-state index contributed by atoms with van der Waals surface area (Å²) in [5, 5.41) is 0. The summed E-state index contributed by atoms with van der Waals surface area (Å²) in [6.45, 7) is 9.59. The van der Waals surface area contributed by atoms with E-state index >= 15 is 0 Å². The number of nitrogens with two attached hydrogens (primary N) is 1. The Balaban J connectivity index is 2.83. The van der Waals surface area contributed by atoms with Gasteiger partial charge in [0.05, 0.1) is 5.69 Å². The molecule has 1 rings (SSSR count). The lowest BCUT2D eigenvalue weighted by Gasteiger charge is -2.10. The van der Waals surface area contributed by atoms with Crippen LogP contribution in [-0.4, -0.2) is 9.55 Å². The Hall–Kier alpha value is -0.990. The highest BCUT2D eigenvalue weighted by Gasteiger charge is 2.11. The third-order valence-corrected chi connectivity index (χ3v) is 2.59. The van der Waals surface area contributed by atoms with E-state index in [9.17, 15) is 0 Å². The minimum atomic E-state index is 0.610. The van der Waals surface area contributed by atoms with Crippen molar-refractivity contribution in [3.05, 3.63) is 11.5 Å². The average Bonchev–Trinajstić information content (AvgIpc) is 2.42. The summed E-state index contributed by atoms with van der Waals surface area (Å²) in [7, 11) is 0. The van der Waals surface area contributed by atoms with Crippen LogP contribution >= 0.6 is 0 Å². The third-order valence-electron chi connectivity index (χ3n) is 2.59. The van der Waals surface area contributed by atoms with E-state index in [1.807, 2.05) is 6.92 Å². The molecule has 1 aromatic rings. The molecule has 0 fully saturated rings. The van der Waals surface area contributed by atoms with Gasteiger partial charge in [-0.05, 0) is 25.7 Å². The molecule has 0 saturated carbocycles. The van der Waals surface area contributed by atoms with Crippen molar-refractivity contribution in [3.8, 4) is 0 Å². The van der Waals surface area contributed by atoms with Crippen LogP contribution in [0, 0.1) is 12.8 Å². The lowest BCUT2D eigenvalue weighted by Crippen LogP contribution is -2.09. The minimum absolute atomic E-state index is 0.610. The molecule has 86 valence electrons. The number of anilines is 1. The fourth-order valence-corrected chi connectivity index (χ4v) is 1.77. The Labute approximate surface area is 92.7 Å². The van der Waals surface area contributed by atoms with Crippen molar-refractivity contribution in [1.29, 1.82) is 0 Å². The maximum Gasteiger partial charge on any atom is 0.126 e. The maximum atomic E-state index is 6.09. The number of aromatic nitrogens is 2. The van der Waals surface area contributed by atoms with Gasteiger partial charge in [0, 0.05) is 6.54 Å². The SMILES string of the molecule is CCCCc1nc(C)n(CC(C)C)c1N. The van der Waals surface area contributed by atoms with Gasteiger partial charge in [0.15, 0.2) is 0 Å². The second kappa shape index (κ2) is 5.19. The molecule has 0 aliphatic heterocycles. The van der Waals surface area contributed by atoms with E-state index in [1.165, 1.54) is 12.8 Å². The van der Waals surface area contributed by atoms with Crippen molar-refractivity contribution < 1.29 is 0 Å². The van der Waals surface area contributed by atoms with Crippen LogP contribution in [-0.2, 0) is 13.0 Å². The van der Waals surface area contributed by atoms with Crippen molar-refractivity contribution in [2.45, 2.75) is 53.5 Å². The molecule has 15 heavy (non-hydrogen) atoms. The zero-order chi connectivity index (χ0) is 11.4. The Morgan fingerprint density at radius 1 is 1.40 bits per heavy atom. The van der Waals surface area contributed by atoms with Crippen molar-refractivity contribution >= 4 is 5.82 Å². The molecule has 0 atom stereocenters. The number of nitrogens with zero attached hydrogens (tertiary/aromatic N) is 2. The molecule has 2 N–H and O–H groups in total. The molecule has 1 heterocycles. The van der Waals surface area contributed by atoms with Crippen molar-refractivity contribution in [1.82, 2.24) is 9.55 Å². The molecule has 0 aliphatic carbocycles. The van der Waals surface area contributed by atoms with Gasteiger partial charge in [0.2, 0.25) is 0 Å². The highest BCUT2D eigenvalue weighted by molar-refractivity contribution is 5.38. The Bertz CT molecular complexity index is 313. The lowest BCUT2D eigenvalue weighted by atomic mass is 10.2. The number of nitrogen functional groups attached to an aromatic ring is 1. The van der Waals surface area contributed by atoms with Crippen LogP contribution < -0.4 is 5.73 Å². The second-order valence-corrected chi connectivity index (χ2v) is 4.60. The average molecular weight is 209 g/mol. The first kappa shape index (κ1) is 12.1. The lowest BCUT2D eigenvalue weighted by molar-refractivity contribution is 0.518. The van der Waals surface area contributed by atoms with Gasteiger partial charge in [-0.1, -0.05) is 27.2 Å². The number of hydrogen-bond acceptors (Lipinski definition) is 2. The first-order valence-corrected chi connectivity index (χ1v) is 5.87. The summed E-state index contributed by atoms with van der Waals surface area (Å²) in [4.78, 5) is 4.54. The molecule has 0 unspecified atom stereocenters. The predicted octanol–water partition coefficient (Wildman–Crippen LogP) is 2.77. The van der Waals surface area contributed by atoms with Crippen LogP contribution in [0.15, 0.2) is 0 Å². The number of unbranched alkanes of at least 4 members (excludes halogenated alkanes) is 1. The smallest absolute Gasteiger partial charge is 0.126 e. The molecule has 0 aliphatic rings. The standard InChI is InChI=1S/C12H23N3/c1-5-6-7-11-12(13)15(8-9(2)3)10(4)14-11/h9H,5-8,13H2,1-4H3. The highest BCUT2D eigenvalue weighted by atomic mass is 15.1. The number of imidazole rings is 1. The van der Waals surface area contributed by atoms with Gasteiger partial charge in [-0.3, -0.25) is 0 Å². The van der Waals surface area contributed by atoms with E-state index < -0.39 is 0 Å². The molecule has 0 amide bonds. The van der Waals surface area contributed by atoms with Crippen LogP contribution in [0.2, 0.25) is 0 Å². The van der Waals surface area contributed by atoms with Gasteiger partial charge in [-0.2, -0.15) is 0 Å². The molecule has 0 bridgehead atoms. The Morgan fingerprint density at radius 3 is 2.60 bits per heavy atom. The summed E-state index contributed by atoms with van der Waals surface area (Å²) < 4.78 is 2.13. The fourth-order valence-electron chi connectivity index (χ4n) is 1.77. The van der Waals surface area contributed by atoms with Crippen molar-refractivity contribution in [3.63, 3.8) is 0 Å². The molecule has 0 saturated heterocycles. The molecule has 0 aromatic carbocycles. The van der Waals surface area contributed by atoms with Gasteiger partial charge in [-0.25, -0.2) is 4.98 Å². The number of rotatable bonds is 5. The number of hydrogen-bond donors (Lipinski definition) is 1. The summed E-state index contributed by atoms with van der Waals surface area (Å²) in [6.07, 6.45) is 3.37. The summed E-state index contributed by atoms with van der Waals surface area (Å²) >= 11 is 0. The molecule has 0 radical (unpaired) electrons.